The molecule has 0 amide bonds. The van der Waals surface area contributed by atoms with Crippen molar-refractivity contribution in [1.82, 2.24) is 5.16 Å². The number of aromatic nitrogens is 1. The Balaban J connectivity index is 2.22. The molecule has 26 heavy (non-hydrogen) atoms. The largest absolute Gasteiger partial charge is 0.357 e. The highest BCUT2D eigenvalue weighted by atomic mass is 32.2. The molecule has 3 rings (SSSR count). The highest BCUT2D eigenvalue weighted by Gasteiger charge is 2.22. The van der Waals surface area contributed by atoms with Gasteiger partial charge in [-0.25, -0.2) is 22.3 Å². The van der Waals surface area contributed by atoms with E-state index in [1.54, 1.807) is 0 Å². The van der Waals surface area contributed by atoms with E-state index in [1.165, 1.54) is 6.07 Å². The van der Waals surface area contributed by atoms with Gasteiger partial charge in [-0.05, 0) is 43.7 Å². The molecule has 0 aliphatic rings. The number of hydrogen-bond donors (Lipinski definition) is 1. The zero-order valence-electron chi connectivity index (χ0n) is 14.1. The summed E-state index contributed by atoms with van der Waals surface area (Å²) in [5.41, 5.74) is 3.53. The lowest BCUT2D eigenvalue weighted by Crippen LogP contribution is -2.14. The van der Waals surface area contributed by atoms with Gasteiger partial charge in [0.1, 0.15) is 16.4 Å². The van der Waals surface area contributed by atoms with Crippen LogP contribution in [0.25, 0.3) is 22.4 Å². The maximum absolute atomic E-state index is 14.2. The quantitative estimate of drug-likeness (QED) is 0.746. The van der Waals surface area contributed by atoms with Gasteiger partial charge in [0.25, 0.3) is 0 Å². The molecule has 1 aromatic heterocycles. The van der Waals surface area contributed by atoms with Crippen LogP contribution in [0.15, 0.2) is 45.8 Å². The van der Waals surface area contributed by atoms with Gasteiger partial charge in [-0.15, -0.1) is 0 Å². The fraction of sp³-hybridized carbons (Fsp3) is 0.167. The fourth-order valence-electron chi connectivity index (χ4n) is 2.91. The van der Waals surface area contributed by atoms with Gasteiger partial charge in [0.2, 0.25) is 10.0 Å². The number of alkyl halides is 1. The Morgan fingerprint density at radius 3 is 2.27 bits per heavy atom. The summed E-state index contributed by atoms with van der Waals surface area (Å²) in [6, 6.07) is 9.05. The molecule has 0 fully saturated rings. The molecule has 3 aromatic rings. The number of rotatable bonds is 4. The lowest BCUT2D eigenvalue weighted by Gasteiger charge is -2.07. The molecule has 2 N–H and O–H groups in total. The molecule has 2 aromatic carbocycles. The van der Waals surface area contributed by atoms with Gasteiger partial charge < -0.3 is 4.52 Å². The minimum Gasteiger partial charge on any atom is -0.357 e. The van der Waals surface area contributed by atoms with E-state index < -0.39 is 27.4 Å². The molecule has 8 heteroatoms. The van der Waals surface area contributed by atoms with E-state index in [2.05, 4.69) is 5.16 Å². The molecule has 0 aliphatic heterocycles. The standard InChI is InChI=1S/C18H16F2N2O3S/c1-10-5-11(2)7-13(6-10)18-17(15(9-19)25-22-18)12-3-4-16(14(20)8-12)26(21,23)24/h3-8H,9H2,1-2H3,(H2,21,23,24). The first kappa shape index (κ1) is 18.2. The van der Waals surface area contributed by atoms with Crippen LogP contribution >= 0.6 is 0 Å². The maximum Gasteiger partial charge on any atom is 0.240 e. The summed E-state index contributed by atoms with van der Waals surface area (Å²) in [6.45, 7) is 2.88. The van der Waals surface area contributed by atoms with Crippen molar-refractivity contribution in [3.63, 3.8) is 0 Å². The Hall–Kier alpha value is -2.58. The van der Waals surface area contributed by atoms with Crippen LogP contribution in [0, 0.1) is 19.7 Å². The summed E-state index contributed by atoms with van der Waals surface area (Å²) in [6.07, 6.45) is 0. The third-order valence-electron chi connectivity index (χ3n) is 3.91. The molecule has 5 nitrogen and oxygen atoms in total. The number of nitrogens with two attached hydrogens (primary N) is 1. The molecule has 136 valence electrons. The summed E-state index contributed by atoms with van der Waals surface area (Å²) in [5.74, 6) is -1.09. The second kappa shape index (κ2) is 6.62. The molecule has 0 atom stereocenters. The van der Waals surface area contributed by atoms with E-state index in [0.29, 0.717) is 11.3 Å². The Morgan fingerprint density at radius 2 is 1.73 bits per heavy atom. The average molecular weight is 378 g/mol. The molecule has 1 heterocycles. The first-order valence-electron chi connectivity index (χ1n) is 7.66. The zero-order valence-corrected chi connectivity index (χ0v) is 14.9. The molecule has 0 bridgehead atoms. The zero-order chi connectivity index (χ0) is 19.1. The van der Waals surface area contributed by atoms with Crippen LogP contribution in [-0.2, 0) is 16.7 Å². The maximum atomic E-state index is 14.2. The van der Waals surface area contributed by atoms with Crippen LogP contribution in [0.1, 0.15) is 16.9 Å². The van der Waals surface area contributed by atoms with Gasteiger partial charge in [-0.2, -0.15) is 0 Å². The summed E-state index contributed by atoms with van der Waals surface area (Å²) >= 11 is 0. The first-order chi connectivity index (χ1) is 12.2. The molecule has 0 saturated heterocycles. The van der Waals surface area contributed by atoms with E-state index >= 15 is 0 Å². The molecular formula is C18H16F2N2O3S. The Bertz CT molecular complexity index is 1070. The molecule has 0 unspecified atom stereocenters. The predicted molar refractivity (Wildman–Crippen MR) is 93.0 cm³/mol. The predicted octanol–water partition coefficient (Wildman–Crippen LogP) is 3.88. The third-order valence-corrected chi connectivity index (χ3v) is 4.85. The third kappa shape index (κ3) is 3.38. The van der Waals surface area contributed by atoms with Crippen LogP contribution in [0.5, 0.6) is 0 Å². The number of benzene rings is 2. The Labute approximate surface area is 149 Å². The van der Waals surface area contributed by atoms with Crippen molar-refractivity contribution in [2.24, 2.45) is 5.14 Å². The van der Waals surface area contributed by atoms with Crippen LogP contribution in [0.4, 0.5) is 8.78 Å². The van der Waals surface area contributed by atoms with Crippen molar-refractivity contribution in [2.45, 2.75) is 25.4 Å². The molecular weight excluding hydrogens is 362 g/mol. The minimum atomic E-state index is -4.20. The van der Waals surface area contributed by atoms with Crippen molar-refractivity contribution in [2.75, 3.05) is 0 Å². The highest BCUT2D eigenvalue weighted by Crippen LogP contribution is 2.36. The molecule has 0 radical (unpaired) electrons. The summed E-state index contributed by atoms with van der Waals surface area (Å²) in [5, 5.41) is 8.91. The van der Waals surface area contributed by atoms with Crippen molar-refractivity contribution in [3.8, 4) is 22.4 Å². The number of sulfonamides is 1. The van der Waals surface area contributed by atoms with Crippen LogP contribution < -0.4 is 5.14 Å². The van der Waals surface area contributed by atoms with Crippen LogP contribution in [-0.4, -0.2) is 13.6 Å². The minimum absolute atomic E-state index is 0.0677. The van der Waals surface area contributed by atoms with Gasteiger partial charge in [0, 0.05) is 5.56 Å². The van der Waals surface area contributed by atoms with Crippen LogP contribution in [0.2, 0.25) is 0 Å². The Morgan fingerprint density at radius 1 is 1.08 bits per heavy atom. The number of aryl methyl sites for hydroxylation is 2. The summed E-state index contributed by atoms with van der Waals surface area (Å²) in [7, 11) is -4.20. The number of hydrogen-bond acceptors (Lipinski definition) is 4. The second-order valence-corrected chi connectivity index (χ2v) is 7.56. The van der Waals surface area contributed by atoms with Gasteiger partial charge in [0.15, 0.2) is 12.4 Å². The van der Waals surface area contributed by atoms with Crippen LogP contribution in [0.3, 0.4) is 0 Å². The lowest BCUT2D eigenvalue weighted by atomic mass is 9.97. The first-order valence-corrected chi connectivity index (χ1v) is 9.21. The summed E-state index contributed by atoms with van der Waals surface area (Å²) < 4.78 is 55.5. The monoisotopic (exact) mass is 378 g/mol. The van der Waals surface area contributed by atoms with Crippen molar-refractivity contribution < 1.29 is 21.7 Å². The van der Waals surface area contributed by atoms with Gasteiger partial charge in [-0.3, -0.25) is 0 Å². The lowest BCUT2D eigenvalue weighted by molar-refractivity contribution is 0.332. The number of nitrogens with zero attached hydrogens (tertiary/aromatic N) is 1. The van der Waals surface area contributed by atoms with Gasteiger partial charge in [0.05, 0.1) is 5.56 Å². The SMILES string of the molecule is Cc1cc(C)cc(-c2noc(CF)c2-c2ccc(S(N)(=O)=O)c(F)c2)c1. The average Bonchev–Trinajstić information content (AvgIpc) is 2.96. The topological polar surface area (TPSA) is 86.2 Å². The van der Waals surface area contributed by atoms with Crippen molar-refractivity contribution in [3.05, 3.63) is 59.1 Å². The van der Waals surface area contributed by atoms with E-state index in [9.17, 15) is 17.2 Å². The summed E-state index contributed by atoms with van der Waals surface area (Å²) in [4.78, 5) is -0.632. The second-order valence-electron chi connectivity index (χ2n) is 6.03. The van der Waals surface area contributed by atoms with Crippen molar-refractivity contribution >= 4 is 10.0 Å². The number of halogens is 2. The van der Waals surface area contributed by atoms with E-state index in [4.69, 9.17) is 9.66 Å². The van der Waals surface area contributed by atoms with E-state index in [1.807, 2.05) is 32.0 Å². The number of primary sulfonamides is 1. The van der Waals surface area contributed by atoms with Crippen molar-refractivity contribution in [1.29, 1.82) is 0 Å². The van der Waals surface area contributed by atoms with E-state index in [-0.39, 0.29) is 16.9 Å². The molecule has 0 spiro atoms. The normalized spacial score (nSPS) is 11.7. The fourth-order valence-corrected chi connectivity index (χ4v) is 3.50. The highest BCUT2D eigenvalue weighted by molar-refractivity contribution is 7.89. The molecule has 0 aliphatic carbocycles. The molecule has 0 saturated carbocycles. The van der Waals surface area contributed by atoms with E-state index in [0.717, 1.165) is 23.3 Å². The Kier molecular flexibility index (Phi) is 4.64. The smallest absolute Gasteiger partial charge is 0.240 e. The van der Waals surface area contributed by atoms with Gasteiger partial charge in [-0.1, -0.05) is 28.4 Å². The van der Waals surface area contributed by atoms with Gasteiger partial charge >= 0.3 is 0 Å².